The van der Waals surface area contributed by atoms with Gasteiger partial charge < -0.3 is 24.4 Å². The van der Waals surface area contributed by atoms with Crippen LogP contribution in [0.4, 0.5) is 0 Å². The fraction of sp³-hybridized carbons (Fsp3) is 0.444. The lowest BCUT2D eigenvalue weighted by molar-refractivity contribution is -0.0628. The number of benzene rings is 1. The van der Waals surface area contributed by atoms with Crippen molar-refractivity contribution in [3.63, 3.8) is 0 Å². The van der Waals surface area contributed by atoms with E-state index in [9.17, 15) is 19.8 Å². The van der Waals surface area contributed by atoms with Crippen molar-refractivity contribution in [2.24, 2.45) is 0 Å². The number of nitrogens with zero attached hydrogens (tertiary/aromatic N) is 2. The van der Waals surface area contributed by atoms with Gasteiger partial charge in [-0.15, -0.1) is 0 Å². The lowest BCUT2D eigenvalue weighted by atomic mass is 10.1. The summed E-state index contributed by atoms with van der Waals surface area (Å²) in [5.41, 5.74) is -0.336. The summed E-state index contributed by atoms with van der Waals surface area (Å²) in [6.45, 7) is 0.0440. The molecule has 1 aliphatic rings. The predicted molar refractivity (Wildman–Crippen MR) is 94.0 cm³/mol. The Morgan fingerprint density at radius 3 is 2.56 bits per heavy atom. The zero-order valence-electron chi connectivity index (χ0n) is 14.8. The minimum absolute atomic E-state index is 0.0588. The van der Waals surface area contributed by atoms with Gasteiger partial charge in [0.1, 0.15) is 25.0 Å². The second-order valence-corrected chi connectivity index (χ2v) is 6.24. The number of rotatable bonds is 7. The molecule has 0 bridgehead atoms. The third-order valence-corrected chi connectivity index (χ3v) is 4.37. The summed E-state index contributed by atoms with van der Waals surface area (Å²) in [5, 5.41) is 20.2. The molecule has 3 rings (SSSR count). The highest BCUT2D eigenvalue weighted by Gasteiger charge is 2.44. The van der Waals surface area contributed by atoms with E-state index >= 15 is 0 Å². The average molecular weight is 378 g/mol. The Morgan fingerprint density at radius 2 is 1.85 bits per heavy atom. The smallest absolute Gasteiger partial charge is 0.335 e. The largest absolute Gasteiger partial charge is 0.387 e. The Hall–Kier alpha value is -2.30. The first-order valence-electron chi connectivity index (χ1n) is 8.47. The van der Waals surface area contributed by atoms with Crippen LogP contribution in [0.2, 0.25) is 0 Å². The van der Waals surface area contributed by atoms with Crippen LogP contribution in [-0.2, 0) is 27.5 Å². The second kappa shape index (κ2) is 8.59. The van der Waals surface area contributed by atoms with Gasteiger partial charge in [0.05, 0.1) is 13.2 Å². The van der Waals surface area contributed by atoms with E-state index in [2.05, 4.69) is 0 Å². The van der Waals surface area contributed by atoms with Crippen molar-refractivity contribution in [3.8, 4) is 0 Å². The van der Waals surface area contributed by atoms with Gasteiger partial charge >= 0.3 is 5.69 Å². The molecule has 146 valence electrons. The van der Waals surface area contributed by atoms with Crippen LogP contribution in [0.5, 0.6) is 0 Å². The number of ether oxygens (including phenoxy) is 3. The third-order valence-electron chi connectivity index (χ3n) is 4.37. The number of hydrogen-bond acceptors (Lipinski definition) is 7. The normalized spacial score (nSPS) is 25.0. The zero-order chi connectivity index (χ0) is 19.4. The van der Waals surface area contributed by atoms with Crippen LogP contribution >= 0.6 is 0 Å². The van der Waals surface area contributed by atoms with Crippen molar-refractivity contribution >= 4 is 0 Å². The van der Waals surface area contributed by atoms with Crippen LogP contribution in [0, 0.1) is 0 Å². The zero-order valence-corrected chi connectivity index (χ0v) is 14.8. The first-order valence-corrected chi connectivity index (χ1v) is 8.47. The lowest BCUT2D eigenvalue weighted by Gasteiger charge is -2.18. The van der Waals surface area contributed by atoms with E-state index in [0.717, 1.165) is 14.7 Å². The minimum atomic E-state index is -1.33. The van der Waals surface area contributed by atoms with Gasteiger partial charge in [-0.3, -0.25) is 9.36 Å². The molecule has 2 heterocycles. The molecular weight excluding hydrogens is 356 g/mol. The summed E-state index contributed by atoms with van der Waals surface area (Å²) in [4.78, 5) is 24.7. The highest BCUT2D eigenvalue weighted by atomic mass is 16.6. The summed E-state index contributed by atoms with van der Waals surface area (Å²) in [6, 6.07) is 10.5. The standard InChI is InChI=1S/C18H22N2O7/c1-25-10-13-15(22)16(23)17(27-13)19-8-7-14(21)20(18(19)24)11-26-9-12-5-3-2-4-6-12/h2-8,13,15-17,22-23H,9-11H2,1H3/t13-,15-,16-,17-/m1/s1. The van der Waals surface area contributed by atoms with Crippen molar-refractivity contribution in [1.29, 1.82) is 0 Å². The van der Waals surface area contributed by atoms with Gasteiger partial charge in [0, 0.05) is 19.4 Å². The van der Waals surface area contributed by atoms with E-state index in [0.29, 0.717) is 0 Å². The van der Waals surface area contributed by atoms with Crippen LogP contribution in [0.25, 0.3) is 0 Å². The first-order chi connectivity index (χ1) is 13.0. The molecule has 0 amide bonds. The van der Waals surface area contributed by atoms with E-state index in [-0.39, 0.29) is 19.9 Å². The van der Waals surface area contributed by atoms with E-state index in [1.165, 1.54) is 19.4 Å². The summed E-state index contributed by atoms with van der Waals surface area (Å²) in [6.07, 6.45) is -3.23. The molecule has 27 heavy (non-hydrogen) atoms. The number of aliphatic hydroxyl groups is 2. The predicted octanol–water partition coefficient (Wildman–Crippen LogP) is -0.550. The molecule has 0 radical (unpaired) electrons. The summed E-state index contributed by atoms with van der Waals surface area (Å²) < 4.78 is 17.9. The molecule has 9 heteroatoms. The molecule has 9 nitrogen and oxygen atoms in total. The maximum absolute atomic E-state index is 12.7. The SMILES string of the molecule is COC[C@H]1O[C@@H](n2ccc(=O)n(COCc3ccccc3)c2=O)[C@H](O)[C@@H]1O. The van der Waals surface area contributed by atoms with E-state index in [1.807, 2.05) is 30.3 Å². The van der Waals surface area contributed by atoms with Crippen LogP contribution in [0.15, 0.2) is 52.2 Å². The number of methoxy groups -OCH3 is 1. The molecule has 1 saturated heterocycles. The molecule has 0 spiro atoms. The summed E-state index contributed by atoms with van der Waals surface area (Å²) >= 11 is 0. The van der Waals surface area contributed by atoms with Crippen molar-refractivity contribution in [2.75, 3.05) is 13.7 Å². The quantitative estimate of drug-likeness (QED) is 0.665. The molecule has 0 saturated carbocycles. The average Bonchev–Trinajstić information content (AvgIpc) is 2.94. The van der Waals surface area contributed by atoms with Crippen LogP contribution in [-0.4, -0.2) is 51.4 Å². The van der Waals surface area contributed by atoms with Crippen molar-refractivity contribution < 1.29 is 24.4 Å². The fourth-order valence-corrected chi connectivity index (χ4v) is 2.93. The number of aromatic nitrogens is 2. The Bertz CT molecular complexity index is 864. The molecule has 0 unspecified atom stereocenters. The van der Waals surface area contributed by atoms with Crippen molar-refractivity contribution in [2.45, 2.75) is 37.9 Å². The summed E-state index contributed by atoms with van der Waals surface area (Å²) in [5.74, 6) is 0. The first kappa shape index (κ1) is 19.5. The molecule has 0 aliphatic carbocycles. The monoisotopic (exact) mass is 378 g/mol. The topological polar surface area (TPSA) is 112 Å². The molecule has 4 atom stereocenters. The molecule has 1 aliphatic heterocycles. The Labute approximate surface area is 155 Å². The van der Waals surface area contributed by atoms with Gasteiger partial charge in [0.25, 0.3) is 5.56 Å². The molecule has 1 aromatic heterocycles. The molecular formula is C18H22N2O7. The molecule has 1 fully saturated rings. The van der Waals surface area contributed by atoms with E-state index in [4.69, 9.17) is 14.2 Å². The number of aliphatic hydroxyl groups excluding tert-OH is 2. The second-order valence-electron chi connectivity index (χ2n) is 6.24. The van der Waals surface area contributed by atoms with Gasteiger partial charge in [-0.25, -0.2) is 9.36 Å². The van der Waals surface area contributed by atoms with Crippen LogP contribution < -0.4 is 11.2 Å². The highest BCUT2D eigenvalue weighted by molar-refractivity contribution is 5.13. The summed E-state index contributed by atoms with van der Waals surface area (Å²) in [7, 11) is 1.44. The maximum Gasteiger partial charge on any atom is 0.335 e. The Kier molecular flexibility index (Phi) is 6.19. The molecule has 2 N–H and O–H groups in total. The Balaban J connectivity index is 1.77. The third kappa shape index (κ3) is 4.18. The van der Waals surface area contributed by atoms with E-state index in [1.54, 1.807) is 0 Å². The van der Waals surface area contributed by atoms with Gasteiger partial charge in [-0.2, -0.15) is 0 Å². The Morgan fingerprint density at radius 1 is 1.11 bits per heavy atom. The van der Waals surface area contributed by atoms with Crippen LogP contribution in [0.1, 0.15) is 11.8 Å². The molecule has 1 aromatic carbocycles. The van der Waals surface area contributed by atoms with Crippen LogP contribution in [0.3, 0.4) is 0 Å². The maximum atomic E-state index is 12.7. The lowest BCUT2D eigenvalue weighted by Crippen LogP contribution is -2.43. The van der Waals surface area contributed by atoms with Gasteiger partial charge in [0.15, 0.2) is 6.23 Å². The minimum Gasteiger partial charge on any atom is -0.387 e. The fourth-order valence-electron chi connectivity index (χ4n) is 2.93. The van der Waals surface area contributed by atoms with E-state index < -0.39 is 35.8 Å². The van der Waals surface area contributed by atoms with Crippen molar-refractivity contribution in [1.82, 2.24) is 9.13 Å². The van der Waals surface area contributed by atoms with Gasteiger partial charge in [-0.1, -0.05) is 30.3 Å². The van der Waals surface area contributed by atoms with Gasteiger partial charge in [0.2, 0.25) is 0 Å². The van der Waals surface area contributed by atoms with Gasteiger partial charge in [-0.05, 0) is 5.56 Å². The number of hydrogen-bond donors (Lipinski definition) is 2. The molecule has 2 aromatic rings. The highest BCUT2D eigenvalue weighted by Crippen LogP contribution is 2.28. The van der Waals surface area contributed by atoms with Crippen molar-refractivity contribution in [3.05, 3.63) is 69.0 Å².